The maximum absolute atomic E-state index is 12.6. The molecule has 0 saturated heterocycles. The number of aryl methyl sites for hydroxylation is 2. The highest BCUT2D eigenvalue weighted by Gasteiger charge is 2.17. The van der Waals surface area contributed by atoms with Crippen LogP contribution in [0, 0.1) is 20.8 Å². The van der Waals surface area contributed by atoms with Crippen molar-refractivity contribution in [2.45, 2.75) is 27.2 Å². The normalized spacial score (nSPS) is 10.9. The zero-order valence-electron chi connectivity index (χ0n) is 17.2. The second-order valence-electron chi connectivity index (χ2n) is 7.29. The van der Waals surface area contributed by atoms with Crippen LogP contribution in [0.25, 0.3) is 17.1 Å². The number of hydrogen-bond acceptors (Lipinski definition) is 5. The van der Waals surface area contributed by atoms with Crippen molar-refractivity contribution in [3.05, 3.63) is 83.0 Å². The van der Waals surface area contributed by atoms with E-state index < -0.39 is 0 Å². The molecule has 0 atom stereocenters. The summed E-state index contributed by atoms with van der Waals surface area (Å²) in [6, 6.07) is 15.9. The highest BCUT2D eigenvalue weighted by molar-refractivity contribution is 5.93. The van der Waals surface area contributed by atoms with Gasteiger partial charge in [0, 0.05) is 18.5 Å². The van der Waals surface area contributed by atoms with E-state index >= 15 is 0 Å². The smallest absolute Gasteiger partial charge is 0.273 e. The number of amides is 1. The van der Waals surface area contributed by atoms with Crippen molar-refractivity contribution in [3.63, 3.8) is 0 Å². The SMILES string of the molecule is Cc1ccc(-c2nc(CCNC(=O)c3nnn(-c4cccc(C)c4)c3C)co2)cc1. The molecule has 0 radical (unpaired) electrons. The lowest BCUT2D eigenvalue weighted by atomic mass is 10.1. The molecule has 0 saturated carbocycles. The summed E-state index contributed by atoms with van der Waals surface area (Å²) in [4.78, 5) is 17.1. The molecule has 4 aromatic rings. The van der Waals surface area contributed by atoms with E-state index in [2.05, 4.69) is 20.6 Å². The maximum Gasteiger partial charge on any atom is 0.273 e. The molecule has 1 N–H and O–H groups in total. The molecular weight excluding hydrogens is 378 g/mol. The van der Waals surface area contributed by atoms with Crippen molar-refractivity contribution in [3.8, 4) is 17.1 Å². The molecule has 4 rings (SSSR count). The molecule has 2 heterocycles. The van der Waals surface area contributed by atoms with Gasteiger partial charge in [0.25, 0.3) is 5.91 Å². The highest BCUT2D eigenvalue weighted by Crippen LogP contribution is 2.19. The summed E-state index contributed by atoms with van der Waals surface area (Å²) in [7, 11) is 0. The molecule has 0 spiro atoms. The molecule has 152 valence electrons. The van der Waals surface area contributed by atoms with Crippen LogP contribution in [-0.2, 0) is 6.42 Å². The van der Waals surface area contributed by atoms with Crippen LogP contribution in [0.15, 0.2) is 59.2 Å². The van der Waals surface area contributed by atoms with E-state index in [1.54, 1.807) is 10.9 Å². The minimum absolute atomic E-state index is 0.256. The third kappa shape index (κ3) is 4.15. The fourth-order valence-electron chi connectivity index (χ4n) is 3.18. The molecule has 7 heteroatoms. The lowest BCUT2D eigenvalue weighted by Gasteiger charge is -2.05. The Balaban J connectivity index is 1.37. The number of oxazole rings is 1. The van der Waals surface area contributed by atoms with Crippen LogP contribution in [-0.4, -0.2) is 32.4 Å². The molecule has 0 unspecified atom stereocenters. The number of benzene rings is 2. The Morgan fingerprint density at radius 3 is 2.63 bits per heavy atom. The Bertz CT molecular complexity index is 1170. The lowest BCUT2D eigenvalue weighted by Crippen LogP contribution is -2.26. The van der Waals surface area contributed by atoms with Gasteiger partial charge in [0.05, 0.1) is 17.1 Å². The first-order valence-corrected chi connectivity index (χ1v) is 9.80. The Morgan fingerprint density at radius 1 is 1.07 bits per heavy atom. The number of aromatic nitrogens is 4. The summed E-state index contributed by atoms with van der Waals surface area (Å²) < 4.78 is 7.24. The average Bonchev–Trinajstić information content (AvgIpc) is 3.35. The monoisotopic (exact) mass is 401 g/mol. The zero-order valence-corrected chi connectivity index (χ0v) is 17.2. The van der Waals surface area contributed by atoms with Gasteiger partial charge in [0.1, 0.15) is 6.26 Å². The van der Waals surface area contributed by atoms with E-state index in [1.165, 1.54) is 5.56 Å². The second-order valence-corrected chi connectivity index (χ2v) is 7.29. The fraction of sp³-hybridized carbons (Fsp3) is 0.217. The van der Waals surface area contributed by atoms with Crippen LogP contribution >= 0.6 is 0 Å². The van der Waals surface area contributed by atoms with E-state index in [9.17, 15) is 4.79 Å². The van der Waals surface area contributed by atoms with E-state index in [4.69, 9.17) is 4.42 Å². The van der Waals surface area contributed by atoms with E-state index in [-0.39, 0.29) is 5.91 Å². The minimum atomic E-state index is -0.256. The van der Waals surface area contributed by atoms with Crippen LogP contribution in [0.5, 0.6) is 0 Å². The van der Waals surface area contributed by atoms with Crippen LogP contribution in [0.1, 0.15) is 33.0 Å². The van der Waals surface area contributed by atoms with Crippen molar-refractivity contribution in [2.75, 3.05) is 6.54 Å². The maximum atomic E-state index is 12.6. The first-order valence-electron chi connectivity index (χ1n) is 9.80. The number of nitrogens with one attached hydrogen (secondary N) is 1. The van der Waals surface area contributed by atoms with Gasteiger partial charge in [-0.2, -0.15) is 0 Å². The van der Waals surface area contributed by atoms with Gasteiger partial charge in [-0.25, -0.2) is 9.67 Å². The zero-order chi connectivity index (χ0) is 21.1. The Labute approximate surface area is 174 Å². The van der Waals surface area contributed by atoms with Crippen LogP contribution in [0.4, 0.5) is 0 Å². The molecule has 2 aromatic carbocycles. The van der Waals surface area contributed by atoms with E-state index in [1.807, 2.05) is 69.3 Å². The minimum Gasteiger partial charge on any atom is -0.444 e. The molecule has 7 nitrogen and oxygen atoms in total. The van der Waals surface area contributed by atoms with Crippen molar-refractivity contribution < 1.29 is 9.21 Å². The molecular formula is C23H23N5O2. The molecule has 2 aromatic heterocycles. The first kappa shape index (κ1) is 19.6. The largest absolute Gasteiger partial charge is 0.444 e. The van der Waals surface area contributed by atoms with Gasteiger partial charge >= 0.3 is 0 Å². The Morgan fingerprint density at radius 2 is 1.87 bits per heavy atom. The summed E-state index contributed by atoms with van der Waals surface area (Å²) in [6.07, 6.45) is 2.19. The van der Waals surface area contributed by atoms with Crippen LogP contribution < -0.4 is 5.32 Å². The molecule has 0 bridgehead atoms. The van der Waals surface area contributed by atoms with Crippen molar-refractivity contribution in [2.24, 2.45) is 0 Å². The predicted octanol–water partition coefficient (Wildman–Crippen LogP) is 3.82. The Hall–Kier alpha value is -3.74. The summed E-state index contributed by atoms with van der Waals surface area (Å²) in [6.45, 7) is 6.31. The predicted molar refractivity (Wildman–Crippen MR) is 114 cm³/mol. The summed E-state index contributed by atoms with van der Waals surface area (Å²) in [5.41, 5.74) is 5.91. The standard InChI is InChI=1S/C23H23N5O2/c1-15-7-9-18(10-8-15)23-25-19(14-30-23)11-12-24-22(29)21-17(3)28(27-26-21)20-6-4-5-16(2)13-20/h4-10,13-14H,11-12H2,1-3H3,(H,24,29). The average molecular weight is 401 g/mol. The molecule has 0 aliphatic carbocycles. The number of hydrogen-bond donors (Lipinski definition) is 1. The van der Waals surface area contributed by atoms with E-state index in [0.717, 1.165) is 22.5 Å². The van der Waals surface area contributed by atoms with Gasteiger partial charge in [0.2, 0.25) is 5.89 Å². The quantitative estimate of drug-likeness (QED) is 0.531. The summed E-state index contributed by atoms with van der Waals surface area (Å²) in [5.74, 6) is 0.321. The topological polar surface area (TPSA) is 85.8 Å². The molecule has 30 heavy (non-hydrogen) atoms. The second kappa shape index (κ2) is 8.32. The van der Waals surface area contributed by atoms with Gasteiger partial charge in [-0.15, -0.1) is 5.10 Å². The first-order chi connectivity index (χ1) is 14.5. The van der Waals surface area contributed by atoms with Gasteiger partial charge in [-0.05, 0) is 50.6 Å². The number of carbonyl (C=O) groups excluding carboxylic acids is 1. The number of rotatable bonds is 6. The molecule has 0 aliphatic heterocycles. The summed E-state index contributed by atoms with van der Waals surface area (Å²) in [5, 5.41) is 11.1. The fourth-order valence-corrected chi connectivity index (χ4v) is 3.18. The number of carbonyl (C=O) groups is 1. The lowest BCUT2D eigenvalue weighted by molar-refractivity contribution is 0.0948. The van der Waals surface area contributed by atoms with Crippen LogP contribution in [0.2, 0.25) is 0 Å². The molecule has 0 fully saturated rings. The van der Waals surface area contributed by atoms with Gasteiger partial charge in [-0.1, -0.05) is 35.0 Å². The highest BCUT2D eigenvalue weighted by atomic mass is 16.3. The summed E-state index contributed by atoms with van der Waals surface area (Å²) >= 11 is 0. The van der Waals surface area contributed by atoms with Gasteiger partial charge < -0.3 is 9.73 Å². The van der Waals surface area contributed by atoms with Crippen molar-refractivity contribution in [1.82, 2.24) is 25.3 Å². The van der Waals surface area contributed by atoms with Crippen molar-refractivity contribution in [1.29, 1.82) is 0 Å². The number of nitrogens with zero attached hydrogens (tertiary/aromatic N) is 4. The Kier molecular flexibility index (Phi) is 5.43. The molecule has 1 amide bonds. The third-order valence-electron chi connectivity index (χ3n) is 4.87. The molecule has 0 aliphatic rings. The van der Waals surface area contributed by atoms with E-state index in [0.29, 0.717) is 30.2 Å². The van der Waals surface area contributed by atoms with Crippen molar-refractivity contribution >= 4 is 5.91 Å². The van der Waals surface area contributed by atoms with Crippen LogP contribution in [0.3, 0.4) is 0 Å². The van der Waals surface area contributed by atoms with Gasteiger partial charge in [0.15, 0.2) is 5.69 Å². The van der Waals surface area contributed by atoms with Gasteiger partial charge in [-0.3, -0.25) is 4.79 Å². The third-order valence-corrected chi connectivity index (χ3v) is 4.87.